The third-order valence-corrected chi connectivity index (χ3v) is 4.96. The largest absolute Gasteiger partial charge is 0.493 e. The van der Waals surface area contributed by atoms with Crippen LogP contribution in [-0.2, 0) is 10.0 Å². The smallest absolute Gasteiger partial charge is 0.276 e. The van der Waals surface area contributed by atoms with Crippen LogP contribution in [0.2, 0.25) is 0 Å². The van der Waals surface area contributed by atoms with Crippen LogP contribution >= 0.6 is 0 Å². The standard InChI is InChI=1S/C19H17FN2O3S/c1-2-25-19-12-7-14-5-3-4-6-17(14)18(19)13-21-22-26(23,24)16-10-8-15(20)9-11-16/h3-13,22H,2H2,1H3/b21-13+. The molecule has 0 aromatic heterocycles. The Labute approximate surface area is 151 Å². The van der Waals surface area contributed by atoms with Gasteiger partial charge in [0.1, 0.15) is 11.6 Å². The molecule has 0 radical (unpaired) electrons. The zero-order valence-corrected chi connectivity index (χ0v) is 14.8. The van der Waals surface area contributed by atoms with E-state index >= 15 is 0 Å². The lowest BCUT2D eigenvalue weighted by Gasteiger charge is -2.10. The molecule has 0 aliphatic rings. The second-order valence-corrected chi connectivity index (χ2v) is 7.10. The Balaban J connectivity index is 1.92. The minimum absolute atomic E-state index is 0.0704. The normalized spacial score (nSPS) is 11.8. The molecule has 3 aromatic rings. The monoisotopic (exact) mass is 372 g/mol. The van der Waals surface area contributed by atoms with Crippen molar-refractivity contribution in [2.45, 2.75) is 11.8 Å². The molecule has 0 fully saturated rings. The molecule has 0 atom stereocenters. The van der Waals surface area contributed by atoms with Crippen molar-refractivity contribution in [2.75, 3.05) is 6.61 Å². The van der Waals surface area contributed by atoms with Crippen molar-refractivity contribution in [3.63, 3.8) is 0 Å². The molecule has 0 spiro atoms. The van der Waals surface area contributed by atoms with Crippen molar-refractivity contribution in [3.05, 3.63) is 72.0 Å². The van der Waals surface area contributed by atoms with E-state index in [9.17, 15) is 12.8 Å². The van der Waals surface area contributed by atoms with Crippen molar-refractivity contribution in [3.8, 4) is 5.75 Å². The van der Waals surface area contributed by atoms with Gasteiger partial charge in [-0.1, -0.05) is 30.3 Å². The van der Waals surface area contributed by atoms with E-state index in [0.717, 1.165) is 22.9 Å². The maximum atomic E-state index is 13.0. The molecule has 0 heterocycles. The summed E-state index contributed by atoms with van der Waals surface area (Å²) in [7, 11) is -3.88. The van der Waals surface area contributed by atoms with Gasteiger partial charge in [-0.25, -0.2) is 9.22 Å². The molecule has 1 N–H and O–H groups in total. The molecule has 3 rings (SSSR count). The Morgan fingerprint density at radius 1 is 1.08 bits per heavy atom. The summed E-state index contributed by atoms with van der Waals surface area (Å²) in [5, 5.41) is 5.75. The summed E-state index contributed by atoms with van der Waals surface area (Å²) < 4.78 is 43.0. The number of benzene rings is 3. The van der Waals surface area contributed by atoms with E-state index < -0.39 is 15.8 Å². The topological polar surface area (TPSA) is 67.8 Å². The fourth-order valence-corrected chi connectivity index (χ4v) is 3.31. The Morgan fingerprint density at radius 2 is 1.81 bits per heavy atom. The second kappa shape index (κ2) is 7.53. The highest BCUT2D eigenvalue weighted by molar-refractivity contribution is 7.89. The van der Waals surface area contributed by atoms with Gasteiger partial charge >= 0.3 is 0 Å². The van der Waals surface area contributed by atoms with Gasteiger partial charge in [-0.3, -0.25) is 0 Å². The van der Waals surface area contributed by atoms with Gasteiger partial charge in [0.25, 0.3) is 10.0 Å². The van der Waals surface area contributed by atoms with E-state index in [1.165, 1.54) is 18.3 Å². The predicted octanol–water partition coefficient (Wildman–Crippen LogP) is 3.69. The molecule has 0 aliphatic carbocycles. The van der Waals surface area contributed by atoms with E-state index in [1.807, 2.05) is 43.3 Å². The molecule has 0 saturated heterocycles. The third-order valence-electron chi connectivity index (χ3n) is 3.72. The maximum absolute atomic E-state index is 13.0. The first-order valence-electron chi connectivity index (χ1n) is 7.96. The summed E-state index contributed by atoms with van der Waals surface area (Å²) in [5.41, 5.74) is 0.673. The van der Waals surface area contributed by atoms with Crippen LogP contribution in [0.5, 0.6) is 5.75 Å². The average Bonchev–Trinajstić information content (AvgIpc) is 2.63. The van der Waals surface area contributed by atoms with E-state index in [0.29, 0.717) is 17.9 Å². The zero-order valence-electron chi connectivity index (χ0n) is 14.0. The van der Waals surface area contributed by atoms with Crippen molar-refractivity contribution < 1.29 is 17.5 Å². The fraction of sp³-hybridized carbons (Fsp3) is 0.105. The Bertz CT molecular complexity index is 1050. The van der Waals surface area contributed by atoms with Crippen LogP contribution in [0.15, 0.2) is 70.7 Å². The summed E-state index contributed by atoms with van der Waals surface area (Å²) in [5.74, 6) is 0.0977. The number of hydrazone groups is 1. The summed E-state index contributed by atoms with van der Waals surface area (Å²) in [6, 6.07) is 15.9. The van der Waals surface area contributed by atoms with Gasteiger partial charge in [-0.15, -0.1) is 0 Å². The first-order chi connectivity index (χ1) is 12.5. The van der Waals surface area contributed by atoms with Crippen LogP contribution in [-0.4, -0.2) is 21.2 Å². The van der Waals surface area contributed by atoms with Crippen LogP contribution in [0.25, 0.3) is 10.8 Å². The van der Waals surface area contributed by atoms with Gasteiger partial charge < -0.3 is 4.74 Å². The van der Waals surface area contributed by atoms with Crippen LogP contribution in [0, 0.1) is 5.82 Å². The molecule has 0 amide bonds. The molecule has 7 heteroatoms. The molecule has 3 aromatic carbocycles. The molecular formula is C19H17FN2O3S. The maximum Gasteiger partial charge on any atom is 0.276 e. The van der Waals surface area contributed by atoms with Crippen LogP contribution < -0.4 is 9.57 Å². The Kier molecular flexibility index (Phi) is 5.18. The van der Waals surface area contributed by atoms with E-state index in [4.69, 9.17) is 4.74 Å². The number of rotatable bonds is 6. The van der Waals surface area contributed by atoms with Crippen molar-refractivity contribution in [2.24, 2.45) is 5.10 Å². The van der Waals surface area contributed by atoms with Crippen molar-refractivity contribution >= 4 is 27.0 Å². The molecule has 0 saturated carbocycles. The Hall–Kier alpha value is -2.93. The summed E-state index contributed by atoms with van der Waals surface area (Å²) in [6.45, 7) is 2.34. The van der Waals surface area contributed by atoms with Crippen LogP contribution in [0.3, 0.4) is 0 Å². The lowest BCUT2D eigenvalue weighted by Crippen LogP contribution is -2.18. The summed E-state index contributed by atoms with van der Waals surface area (Å²) >= 11 is 0. The first kappa shape index (κ1) is 17.9. The summed E-state index contributed by atoms with van der Waals surface area (Å²) in [6.07, 6.45) is 1.41. The number of hydrogen-bond acceptors (Lipinski definition) is 4. The molecule has 5 nitrogen and oxygen atoms in total. The highest BCUT2D eigenvalue weighted by Gasteiger charge is 2.13. The SMILES string of the molecule is CCOc1ccc2ccccc2c1/C=N/NS(=O)(=O)c1ccc(F)cc1. The van der Waals surface area contributed by atoms with Gasteiger partial charge in [0.2, 0.25) is 0 Å². The van der Waals surface area contributed by atoms with Crippen molar-refractivity contribution in [1.29, 1.82) is 0 Å². The van der Waals surface area contributed by atoms with Gasteiger partial charge in [-0.2, -0.15) is 13.5 Å². The molecule has 0 aliphatic heterocycles. The zero-order chi connectivity index (χ0) is 18.6. The number of hydrogen-bond donors (Lipinski definition) is 1. The highest BCUT2D eigenvalue weighted by atomic mass is 32.2. The van der Waals surface area contributed by atoms with E-state index in [2.05, 4.69) is 9.93 Å². The molecule has 0 unspecified atom stereocenters. The minimum atomic E-state index is -3.88. The Morgan fingerprint density at radius 3 is 2.54 bits per heavy atom. The minimum Gasteiger partial charge on any atom is -0.493 e. The number of halogens is 1. The number of nitrogens with one attached hydrogen (secondary N) is 1. The van der Waals surface area contributed by atoms with Crippen LogP contribution in [0.1, 0.15) is 12.5 Å². The van der Waals surface area contributed by atoms with Gasteiger partial charge in [0.05, 0.1) is 17.7 Å². The predicted molar refractivity (Wildman–Crippen MR) is 99.4 cm³/mol. The third kappa shape index (κ3) is 3.83. The average molecular weight is 372 g/mol. The fourth-order valence-electron chi connectivity index (χ4n) is 2.52. The molecule has 0 bridgehead atoms. The number of nitrogens with zero attached hydrogens (tertiary/aromatic N) is 1. The molecule has 134 valence electrons. The first-order valence-corrected chi connectivity index (χ1v) is 9.44. The lowest BCUT2D eigenvalue weighted by molar-refractivity contribution is 0.340. The number of sulfonamides is 1. The second-order valence-electron chi connectivity index (χ2n) is 5.44. The molecular weight excluding hydrogens is 355 g/mol. The quantitative estimate of drug-likeness (QED) is 0.530. The number of ether oxygens (including phenoxy) is 1. The van der Waals surface area contributed by atoms with E-state index in [1.54, 1.807) is 0 Å². The summed E-state index contributed by atoms with van der Waals surface area (Å²) in [4.78, 5) is 2.07. The van der Waals surface area contributed by atoms with E-state index in [-0.39, 0.29) is 4.90 Å². The lowest BCUT2D eigenvalue weighted by atomic mass is 10.0. The van der Waals surface area contributed by atoms with Gasteiger partial charge in [0.15, 0.2) is 0 Å². The van der Waals surface area contributed by atoms with Crippen LogP contribution in [0.4, 0.5) is 4.39 Å². The molecule has 26 heavy (non-hydrogen) atoms. The number of fused-ring (bicyclic) bond motifs is 1. The van der Waals surface area contributed by atoms with Crippen molar-refractivity contribution in [1.82, 2.24) is 4.83 Å². The highest BCUT2D eigenvalue weighted by Crippen LogP contribution is 2.26. The van der Waals surface area contributed by atoms with Gasteiger partial charge in [0, 0.05) is 5.56 Å². The van der Waals surface area contributed by atoms with Gasteiger partial charge in [-0.05, 0) is 48.0 Å².